The summed E-state index contributed by atoms with van der Waals surface area (Å²) in [7, 11) is -2.38. The first-order valence-corrected chi connectivity index (χ1v) is 11.7. The Hall–Kier alpha value is -2.52. The minimum Gasteiger partial charge on any atom is -0.480 e. The lowest BCUT2D eigenvalue weighted by Crippen LogP contribution is -2.53. The number of benzene rings is 1. The summed E-state index contributed by atoms with van der Waals surface area (Å²) in [4.78, 5) is 17.2. The summed E-state index contributed by atoms with van der Waals surface area (Å²) in [6, 6.07) is 7.44. The minimum absolute atomic E-state index is 0.152. The first kappa shape index (κ1) is 24.1. The van der Waals surface area contributed by atoms with Gasteiger partial charge in [0.25, 0.3) is 0 Å². The smallest absolute Gasteiger partial charge is 0.335 e. The number of carboxylic acid groups (broad SMARTS) is 1. The monoisotopic (exact) mass is 459 g/mol. The molecule has 1 saturated carbocycles. The van der Waals surface area contributed by atoms with Crippen LogP contribution in [0.4, 0.5) is 4.39 Å². The molecule has 3 atom stereocenters. The molecule has 1 aliphatic carbocycles. The molecule has 0 saturated heterocycles. The second kappa shape index (κ2) is 8.78. The largest absolute Gasteiger partial charge is 0.480 e. The van der Waals surface area contributed by atoms with E-state index in [2.05, 4.69) is 5.92 Å². The molecule has 3 rings (SSSR count). The number of aliphatic carboxylic acids is 1. The number of aromatic nitrogens is 1. The second-order valence-electron chi connectivity index (χ2n) is 8.55. The van der Waals surface area contributed by atoms with E-state index in [4.69, 9.17) is 15.9 Å². The summed E-state index contributed by atoms with van der Waals surface area (Å²) in [6.07, 6.45) is 7.57. The number of hydrogen-bond acceptors (Lipinski definition) is 5. The summed E-state index contributed by atoms with van der Waals surface area (Å²) < 4.78 is 31.4. The Bertz CT molecular complexity index is 1100. The topological polar surface area (TPSA) is 96.7 Å². The Morgan fingerprint density at radius 2 is 1.94 bits per heavy atom. The highest BCUT2D eigenvalue weighted by Gasteiger charge is 2.60. The number of rotatable bonds is 8. The van der Waals surface area contributed by atoms with Gasteiger partial charge in [-0.25, -0.2) is 9.18 Å². The van der Waals surface area contributed by atoms with Gasteiger partial charge < -0.3 is 14.7 Å². The van der Waals surface area contributed by atoms with Crippen LogP contribution >= 0.6 is 8.03 Å². The molecule has 0 bridgehead atoms. The lowest BCUT2D eigenvalue weighted by Gasteiger charge is -2.40. The van der Waals surface area contributed by atoms with Gasteiger partial charge in [0.2, 0.25) is 13.2 Å². The molecule has 6 nitrogen and oxygen atoms in total. The maximum atomic E-state index is 13.6. The van der Waals surface area contributed by atoms with Crippen molar-refractivity contribution in [1.29, 1.82) is 0 Å². The number of halogens is 1. The van der Waals surface area contributed by atoms with Gasteiger partial charge in [0, 0.05) is 30.0 Å². The number of carbonyl (C=O) groups is 1. The maximum absolute atomic E-state index is 13.6. The SMILES string of the molecule is C#CC(C(=O)O)([PH](=O)OC)C(C)(O)c1c(-c2ccc(F)cc2)cc(C2CC2)nc1C(C)C. The van der Waals surface area contributed by atoms with Crippen molar-refractivity contribution in [1.82, 2.24) is 4.98 Å². The van der Waals surface area contributed by atoms with Crippen molar-refractivity contribution in [3.05, 3.63) is 53.1 Å². The van der Waals surface area contributed by atoms with Gasteiger partial charge in [0.1, 0.15) is 11.4 Å². The van der Waals surface area contributed by atoms with Gasteiger partial charge in [-0.15, -0.1) is 6.42 Å². The molecule has 1 aromatic carbocycles. The first-order chi connectivity index (χ1) is 15.0. The first-order valence-electron chi connectivity index (χ1n) is 10.3. The predicted octanol–water partition coefficient (Wildman–Crippen LogP) is 4.67. The molecule has 1 heterocycles. The Kier molecular flexibility index (Phi) is 6.62. The standard InChI is InChI=1S/C24H27FNO5P/c1-6-24(22(27)28,32(30)31-5)23(4,29)20-18(15-9-11-17(25)12-10-15)13-19(16-7-8-16)26-21(20)14(2)3/h1,9-14,16,29,32H,7-8H2,2-5H3,(H,27,28). The van der Waals surface area contributed by atoms with Crippen LogP contribution in [0.15, 0.2) is 30.3 Å². The van der Waals surface area contributed by atoms with E-state index >= 15 is 0 Å². The Balaban J connectivity index is 2.44. The highest BCUT2D eigenvalue weighted by atomic mass is 31.1. The lowest BCUT2D eigenvalue weighted by atomic mass is 9.76. The van der Waals surface area contributed by atoms with Crippen molar-refractivity contribution in [2.45, 2.75) is 56.2 Å². The van der Waals surface area contributed by atoms with Crippen LogP contribution in [0.3, 0.4) is 0 Å². The van der Waals surface area contributed by atoms with Gasteiger partial charge in [-0.2, -0.15) is 0 Å². The number of pyridine rings is 1. The van der Waals surface area contributed by atoms with Crippen LogP contribution in [0, 0.1) is 18.2 Å². The van der Waals surface area contributed by atoms with E-state index in [-0.39, 0.29) is 17.4 Å². The van der Waals surface area contributed by atoms with Gasteiger partial charge in [-0.3, -0.25) is 9.55 Å². The lowest BCUT2D eigenvalue weighted by molar-refractivity contribution is -0.145. The van der Waals surface area contributed by atoms with Crippen LogP contribution in [0.2, 0.25) is 0 Å². The van der Waals surface area contributed by atoms with E-state index in [1.54, 1.807) is 18.2 Å². The summed E-state index contributed by atoms with van der Waals surface area (Å²) in [5, 5.41) is 19.4. The Morgan fingerprint density at radius 1 is 1.34 bits per heavy atom. The molecular formula is C24H27FNO5P. The van der Waals surface area contributed by atoms with Gasteiger partial charge in [-0.1, -0.05) is 31.9 Å². The van der Waals surface area contributed by atoms with Crippen LogP contribution in [-0.4, -0.2) is 33.4 Å². The maximum Gasteiger partial charge on any atom is 0.335 e. The van der Waals surface area contributed by atoms with Crippen molar-refractivity contribution >= 4 is 14.0 Å². The highest BCUT2D eigenvalue weighted by molar-refractivity contribution is 7.43. The zero-order chi connectivity index (χ0) is 23.8. The molecule has 3 unspecified atom stereocenters. The van der Waals surface area contributed by atoms with E-state index in [1.165, 1.54) is 19.1 Å². The molecule has 0 radical (unpaired) electrons. The summed E-state index contributed by atoms with van der Waals surface area (Å²) in [6.45, 7) is 4.96. The molecule has 1 aromatic heterocycles. The van der Waals surface area contributed by atoms with E-state index in [0.717, 1.165) is 25.6 Å². The van der Waals surface area contributed by atoms with E-state index in [9.17, 15) is 24.0 Å². The molecule has 32 heavy (non-hydrogen) atoms. The number of aliphatic hydroxyl groups is 1. The Labute approximate surface area is 187 Å². The van der Waals surface area contributed by atoms with Crippen LogP contribution in [0.1, 0.15) is 62.4 Å². The van der Waals surface area contributed by atoms with Crippen molar-refractivity contribution in [3.8, 4) is 23.5 Å². The molecule has 0 amide bonds. The van der Waals surface area contributed by atoms with Gasteiger partial charge in [0.05, 0.1) is 0 Å². The van der Waals surface area contributed by atoms with Gasteiger partial charge in [-0.05, 0) is 55.0 Å². The second-order valence-corrected chi connectivity index (χ2v) is 10.3. The van der Waals surface area contributed by atoms with Crippen LogP contribution < -0.4 is 0 Å². The van der Waals surface area contributed by atoms with Crippen LogP contribution in [0.5, 0.6) is 0 Å². The highest BCUT2D eigenvalue weighted by Crippen LogP contribution is 2.54. The molecular weight excluding hydrogens is 432 g/mol. The summed E-state index contributed by atoms with van der Waals surface area (Å²) in [5.41, 5.74) is 0.125. The zero-order valence-electron chi connectivity index (χ0n) is 18.5. The zero-order valence-corrected chi connectivity index (χ0v) is 19.5. The van der Waals surface area contributed by atoms with Crippen molar-refractivity contribution in [2.24, 2.45) is 0 Å². The number of carboxylic acids is 1. The fraction of sp³-hybridized carbons (Fsp3) is 0.417. The third-order valence-corrected chi connectivity index (χ3v) is 7.84. The molecule has 170 valence electrons. The predicted molar refractivity (Wildman–Crippen MR) is 120 cm³/mol. The average Bonchev–Trinajstić information content (AvgIpc) is 3.59. The fourth-order valence-corrected chi connectivity index (χ4v) is 5.18. The molecule has 0 aliphatic heterocycles. The number of nitrogens with zero attached hydrogens (tertiary/aromatic N) is 1. The minimum atomic E-state index is -3.46. The van der Waals surface area contributed by atoms with Crippen LogP contribution in [0.25, 0.3) is 11.1 Å². The van der Waals surface area contributed by atoms with Crippen molar-refractivity contribution < 1.29 is 28.5 Å². The third kappa shape index (κ3) is 3.88. The molecule has 2 N–H and O–H groups in total. The molecule has 0 spiro atoms. The fourth-order valence-electron chi connectivity index (χ4n) is 4.06. The molecule has 1 fully saturated rings. The van der Waals surface area contributed by atoms with Gasteiger partial charge >= 0.3 is 5.97 Å². The number of terminal acetylenes is 1. The average molecular weight is 459 g/mol. The Morgan fingerprint density at radius 3 is 2.38 bits per heavy atom. The van der Waals surface area contributed by atoms with E-state index in [1.807, 2.05) is 13.8 Å². The molecule has 8 heteroatoms. The van der Waals surface area contributed by atoms with Crippen molar-refractivity contribution in [2.75, 3.05) is 7.11 Å². The quantitative estimate of drug-likeness (QED) is 0.440. The third-order valence-electron chi connectivity index (χ3n) is 6.01. The van der Waals surface area contributed by atoms with E-state index in [0.29, 0.717) is 16.8 Å². The van der Waals surface area contributed by atoms with Gasteiger partial charge in [0.15, 0.2) is 0 Å². The number of hydrogen-bond donors (Lipinski definition) is 2. The van der Waals surface area contributed by atoms with E-state index < -0.39 is 30.6 Å². The molecule has 1 aliphatic rings. The van der Waals surface area contributed by atoms with Crippen molar-refractivity contribution in [3.63, 3.8) is 0 Å². The normalized spacial score (nSPS) is 18.4. The summed E-state index contributed by atoms with van der Waals surface area (Å²) in [5.74, 6) is 0.0522. The van der Waals surface area contributed by atoms with Crippen LogP contribution in [-0.2, 0) is 19.5 Å². The summed E-state index contributed by atoms with van der Waals surface area (Å²) >= 11 is 0. The molecule has 2 aromatic rings.